The average Bonchev–Trinajstić information content (AvgIpc) is 2.18. The molecule has 0 unspecified atom stereocenters. The summed E-state index contributed by atoms with van der Waals surface area (Å²) in [6.07, 6.45) is 0. The van der Waals surface area contributed by atoms with Gasteiger partial charge in [-0.2, -0.15) is 0 Å². The van der Waals surface area contributed by atoms with Crippen molar-refractivity contribution in [1.82, 2.24) is 0 Å². The van der Waals surface area contributed by atoms with E-state index in [1.807, 2.05) is 31.3 Å². The Morgan fingerprint density at radius 3 is 2.62 bits per heavy atom. The van der Waals surface area contributed by atoms with Crippen molar-refractivity contribution in [3.63, 3.8) is 0 Å². The first-order chi connectivity index (χ1) is 6.33. The van der Waals surface area contributed by atoms with Gasteiger partial charge in [0.05, 0.1) is 10.7 Å². The minimum Gasteiger partial charge on any atom is -0.386 e. The Hall–Kier alpha value is -1.21. The first kappa shape index (κ1) is 8.39. The van der Waals surface area contributed by atoms with Gasteiger partial charge in [-0.3, -0.25) is 0 Å². The second-order valence-corrected chi connectivity index (χ2v) is 3.30. The van der Waals surface area contributed by atoms with Crippen molar-refractivity contribution in [3.05, 3.63) is 41.4 Å². The topological polar surface area (TPSA) is 12.0 Å². The molecule has 1 nitrogen and oxygen atoms in total. The number of hydrogen-bond donors (Lipinski definition) is 1. The van der Waals surface area contributed by atoms with Crippen LogP contribution in [0.4, 0.5) is 5.69 Å². The zero-order chi connectivity index (χ0) is 9.26. The largest absolute Gasteiger partial charge is 0.386 e. The van der Waals surface area contributed by atoms with Gasteiger partial charge < -0.3 is 5.32 Å². The van der Waals surface area contributed by atoms with Crippen LogP contribution in [0.25, 0.3) is 10.8 Å². The molecule has 0 saturated carbocycles. The summed E-state index contributed by atoms with van der Waals surface area (Å²) in [5.74, 6) is 0. The molecule has 0 fully saturated rings. The van der Waals surface area contributed by atoms with Crippen LogP contribution in [-0.2, 0) is 0 Å². The molecule has 1 N–H and O–H groups in total. The molecule has 0 aliphatic heterocycles. The first-order valence-electron chi connectivity index (χ1n) is 4.18. The number of benzene rings is 2. The van der Waals surface area contributed by atoms with Gasteiger partial charge in [-0.25, -0.2) is 0 Å². The normalized spacial score (nSPS) is 10.3. The average molecular weight is 192 g/mol. The fourth-order valence-electron chi connectivity index (χ4n) is 1.50. The van der Waals surface area contributed by atoms with Gasteiger partial charge in [0.2, 0.25) is 0 Å². The van der Waals surface area contributed by atoms with Gasteiger partial charge in [0.1, 0.15) is 0 Å². The van der Waals surface area contributed by atoms with Crippen LogP contribution < -0.4 is 5.32 Å². The van der Waals surface area contributed by atoms with Gasteiger partial charge in [0, 0.05) is 12.4 Å². The van der Waals surface area contributed by atoms with Crippen molar-refractivity contribution in [2.75, 3.05) is 12.4 Å². The zero-order valence-corrected chi connectivity index (χ0v) is 8.10. The first-order valence-corrected chi connectivity index (χ1v) is 4.55. The van der Waals surface area contributed by atoms with Crippen molar-refractivity contribution < 1.29 is 0 Å². The van der Waals surface area contributed by atoms with Gasteiger partial charge in [0.25, 0.3) is 0 Å². The van der Waals surface area contributed by atoms with Crippen LogP contribution in [0.5, 0.6) is 0 Å². The van der Waals surface area contributed by atoms with Gasteiger partial charge >= 0.3 is 0 Å². The van der Waals surface area contributed by atoms with Crippen LogP contribution in [0.2, 0.25) is 5.02 Å². The molecule has 13 heavy (non-hydrogen) atoms. The fraction of sp³-hybridized carbons (Fsp3) is 0.0909. The molecule has 0 spiro atoms. The molecule has 2 rings (SSSR count). The van der Waals surface area contributed by atoms with Crippen LogP contribution in [0.15, 0.2) is 36.4 Å². The lowest BCUT2D eigenvalue weighted by molar-refractivity contribution is 1.54. The monoisotopic (exact) mass is 191 g/mol. The van der Waals surface area contributed by atoms with Crippen molar-refractivity contribution in [1.29, 1.82) is 0 Å². The molecule has 0 aliphatic carbocycles. The summed E-state index contributed by atoms with van der Waals surface area (Å²) in [5, 5.41) is 6.24. The SMILES string of the molecule is CNc1c(Cl)ccc2ccccc12. The van der Waals surface area contributed by atoms with E-state index in [1.165, 1.54) is 5.39 Å². The summed E-state index contributed by atoms with van der Waals surface area (Å²) in [6, 6.07) is 12.1. The number of nitrogens with one attached hydrogen (secondary N) is 1. The molecule has 0 heterocycles. The predicted octanol–water partition coefficient (Wildman–Crippen LogP) is 3.53. The summed E-state index contributed by atoms with van der Waals surface area (Å²) < 4.78 is 0. The Kier molecular flexibility index (Phi) is 2.11. The summed E-state index contributed by atoms with van der Waals surface area (Å²) in [7, 11) is 1.88. The lowest BCUT2D eigenvalue weighted by Gasteiger charge is -2.07. The number of fused-ring (bicyclic) bond motifs is 1. The Labute approximate surface area is 82.3 Å². The molecule has 2 heteroatoms. The minimum atomic E-state index is 0.765. The Balaban J connectivity index is 2.84. The van der Waals surface area contributed by atoms with Crippen LogP contribution in [0.3, 0.4) is 0 Å². The number of hydrogen-bond acceptors (Lipinski definition) is 1. The number of halogens is 1. The van der Waals surface area contributed by atoms with E-state index >= 15 is 0 Å². The van der Waals surface area contributed by atoms with E-state index in [0.717, 1.165) is 16.1 Å². The molecule has 0 amide bonds. The van der Waals surface area contributed by atoms with Crippen LogP contribution in [-0.4, -0.2) is 7.05 Å². The number of rotatable bonds is 1. The van der Waals surface area contributed by atoms with Crippen molar-refractivity contribution in [2.45, 2.75) is 0 Å². The molecule has 0 aliphatic rings. The molecule has 0 bridgehead atoms. The smallest absolute Gasteiger partial charge is 0.0644 e. The minimum absolute atomic E-state index is 0.765. The van der Waals surface area contributed by atoms with E-state index < -0.39 is 0 Å². The molecule has 2 aromatic carbocycles. The highest BCUT2D eigenvalue weighted by atomic mass is 35.5. The van der Waals surface area contributed by atoms with E-state index in [0.29, 0.717) is 0 Å². The Bertz CT molecular complexity index is 437. The molecule has 0 saturated heterocycles. The van der Waals surface area contributed by atoms with Crippen molar-refractivity contribution in [2.24, 2.45) is 0 Å². The maximum Gasteiger partial charge on any atom is 0.0644 e. The molecule has 0 atom stereocenters. The summed E-state index contributed by atoms with van der Waals surface area (Å²) in [6.45, 7) is 0. The highest BCUT2D eigenvalue weighted by Crippen LogP contribution is 2.30. The molecular weight excluding hydrogens is 182 g/mol. The van der Waals surface area contributed by atoms with Crippen molar-refractivity contribution >= 4 is 28.1 Å². The third kappa shape index (κ3) is 1.36. The lowest BCUT2D eigenvalue weighted by Crippen LogP contribution is -1.90. The van der Waals surface area contributed by atoms with E-state index in [9.17, 15) is 0 Å². The second kappa shape index (κ2) is 3.27. The lowest BCUT2D eigenvalue weighted by atomic mass is 10.1. The molecule has 66 valence electrons. The summed E-state index contributed by atoms with van der Waals surface area (Å²) in [4.78, 5) is 0. The van der Waals surface area contributed by atoms with E-state index in [-0.39, 0.29) is 0 Å². The molecule has 2 aromatic rings. The van der Waals surface area contributed by atoms with Crippen LogP contribution in [0, 0.1) is 0 Å². The maximum absolute atomic E-state index is 6.04. The zero-order valence-electron chi connectivity index (χ0n) is 7.34. The van der Waals surface area contributed by atoms with Gasteiger partial charge in [-0.05, 0) is 11.5 Å². The summed E-state index contributed by atoms with van der Waals surface area (Å²) in [5.41, 5.74) is 1.000. The molecule has 0 aromatic heterocycles. The van der Waals surface area contributed by atoms with Gasteiger partial charge in [-0.15, -0.1) is 0 Å². The number of anilines is 1. The maximum atomic E-state index is 6.04. The summed E-state index contributed by atoms with van der Waals surface area (Å²) >= 11 is 6.04. The van der Waals surface area contributed by atoms with E-state index in [1.54, 1.807) is 0 Å². The second-order valence-electron chi connectivity index (χ2n) is 2.89. The van der Waals surface area contributed by atoms with Crippen LogP contribution >= 0.6 is 11.6 Å². The van der Waals surface area contributed by atoms with E-state index in [2.05, 4.69) is 17.4 Å². The fourth-order valence-corrected chi connectivity index (χ4v) is 1.76. The quantitative estimate of drug-likeness (QED) is 0.727. The Morgan fingerprint density at radius 2 is 1.85 bits per heavy atom. The third-order valence-corrected chi connectivity index (χ3v) is 2.44. The third-order valence-electron chi connectivity index (χ3n) is 2.13. The van der Waals surface area contributed by atoms with Crippen LogP contribution in [0.1, 0.15) is 0 Å². The predicted molar refractivity (Wildman–Crippen MR) is 58.5 cm³/mol. The standard InChI is InChI=1S/C11H10ClN/c1-13-11-9-5-3-2-4-8(9)6-7-10(11)12/h2-7,13H,1H3. The Morgan fingerprint density at radius 1 is 1.08 bits per heavy atom. The molecular formula is C11H10ClN. The highest BCUT2D eigenvalue weighted by molar-refractivity contribution is 6.34. The van der Waals surface area contributed by atoms with Gasteiger partial charge in [0.15, 0.2) is 0 Å². The molecule has 0 radical (unpaired) electrons. The van der Waals surface area contributed by atoms with Crippen molar-refractivity contribution in [3.8, 4) is 0 Å². The highest BCUT2D eigenvalue weighted by Gasteiger charge is 2.02. The van der Waals surface area contributed by atoms with Gasteiger partial charge in [-0.1, -0.05) is 41.9 Å². The van der Waals surface area contributed by atoms with E-state index in [4.69, 9.17) is 11.6 Å².